The molecule has 2 fully saturated rings. The van der Waals surface area contributed by atoms with Crippen LogP contribution in [0.5, 0.6) is 0 Å². The van der Waals surface area contributed by atoms with Gasteiger partial charge in [0, 0.05) is 50.7 Å². The smallest absolute Gasteiger partial charge is 0.0540 e. The molecular formula is C18H24N2O. The SMILES string of the molecule is OCCC#Cc1ccccc1CN1CCN(C2CC2)CC1. The fourth-order valence-electron chi connectivity index (χ4n) is 2.96. The van der Waals surface area contributed by atoms with Crippen LogP contribution in [0.4, 0.5) is 0 Å². The monoisotopic (exact) mass is 284 g/mol. The highest BCUT2D eigenvalue weighted by molar-refractivity contribution is 5.41. The lowest BCUT2D eigenvalue weighted by molar-refractivity contribution is 0.121. The van der Waals surface area contributed by atoms with Gasteiger partial charge >= 0.3 is 0 Å². The Morgan fingerprint density at radius 2 is 1.86 bits per heavy atom. The lowest BCUT2D eigenvalue weighted by Crippen LogP contribution is -2.46. The molecule has 0 spiro atoms. The van der Waals surface area contributed by atoms with Gasteiger partial charge in [0.15, 0.2) is 0 Å². The van der Waals surface area contributed by atoms with Crippen molar-refractivity contribution >= 4 is 0 Å². The zero-order valence-corrected chi connectivity index (χ0v) is 12.6. The molecule has 0 atom stereocenters. The van der Waals surface area contributed by atoms with Gasteiger partial charge in [0.05, 0.1) is 6.61 Å². The summed E-state index contributed by atoms with van der Waals surface area (Å²) in [6, 6.07) is 9.28. The molecule has 0 bridgehead atoms. The van der Waals surface area contributed by atoms with Crippen LogP contribution < -0.4 is 0 Å². The molecule has 0 radical (unpaired) electrons. The van der Waals surface area contributed by atoms with E-state index in [0.717, 1.165) is 31.2 Å². The van der Waals surface area contributed by atoms with Crippen molar-refractivity contribution in [3.05, 3.63) is 35.4 Å². The van der Waals surface area contributed by atoms with E-state index in [4.69, 9.17) is 5.11 Å². The molecule has 1 aromatic rings. The zero-order chi connectivity index (χ0) is 14.5. The minimum atomic E-state index is 0.137. The molecule has 1 aliphatic heterocycles. The molecule has 21 heavy (non-hydrogen) atoms. The molecule has 1 saturated carbocycles. The Morgan fingerprint density at radius 1 is 1.10 bits per heavy atom. The number of nitrogens with zero attached hydrogens (tertiary/aromatic N) is 2. The second-order valence-electron chi connectivity index (χ2n) is 5.98. The third kappa shape index (κ3) is 4.07. The van der Waals surface area contributed by atoms with Crippen molar-refractivity contribution in [3.8, 4) is 11.8 Å². The fourth-order valence-corrected chi connectivity index (χ4v) is 2.96. The number of benzene rings is 1. The predicted molar refractivity (Wildman–Crippen MR) is 84.9 cm³/mol. The Hall–Kier alpha value is -1.34. The molecule has 3 nitrogen and oxygen atoms in total. The first-order valence-corrected chi connectivity index (χ1v) is 8.01. The summed E-state index contributed by atoms with van der Waals surface area (Å²) in [4.78, 5) is 5.18. The summed E-state index contributed by atoms with van der Waals surface area (Å²) in [6.07, 6.45) is 3.36. The predicted octanol–water partition coefficient (Wildman–Crippen LogP) is 1.70. The van der Waals surface area contributed by atoms with E-state index >= 15 is 0 Å². The van der Waals surface area contributed by atoms with Gasteiger partial charge in [-0.15, -0.1) is 0 Å². The molecule has 0 amide bonds. The molecule has 1 aromatic carbocycles. The zero-order valence-electron chi connectivity index (χ0n) is 12.6. The Morgan fingerprint density at radius 3 is 2.57 bits per heavy atom. The van der Waals surface area contributed by atoms with Crippen LogP contribution in [0.25, 0.3) is 0 Å². The maximum Gasteiger partial charge on any atom is 0.0540 e. The van der Waals surface area contributed by atoms with Gasteiger partial charge in [-0.05, 0) is 24.5 Å². The van der Waals surface area contributed by atoms with Crippen molar-refractivity contribution in [1.82, 2.24) is 9.80 Å². The van der Waals surface area contributed by atoms with Gasteiger partial charge < -0.3 is 5.11 Å². The highest BCUT2D eigenvalue weighted by atomic mass is 16.2. The lowest BCUT2D eigenvalue weighted by Gasteiger charge is -2.35. The van der Waals surface area contributed by atoms with E-state index in [0.29, 0.717) is 6.42 Å². The van der Waals surface area contributed by atoms with Crippen LogP contribution in [-0.2, 0) is 6.54 Å². The number of piperazine rings is 1. The summed E-state index contributed by atoms with van der Waals surface area (Å²) >= 11 is 0. The van der Waals surface area contributed by atoms with Gasteiger partial charge in [-0.2, -0.15) is 0 Å². The van der Waals surface area contributed by atoms with Gasteiger partial charge in [-0.3, -0.25) is 9.80 Å². The molecule has 1 saturated heterocycles. The van der Waals surface area contributed by atoms with Crippen molar-refractivity contribution in [3.63, 3.8) is 0 Å². The van der Waals surface area contributed by atoms with E-state index in [9.17, 15) is 0 Å². The van der Waals surface area contributed by atoms with Crippen molar-refractivity contribution in [2.24, 2.45) is 0 Å². The molecule has 0 aromatic heterocycles. The van der Waals surface area contributed by atoms with Gasteiger partial charge in [0.25, 0.3) is 0 Å². The van der Waals surface area contributed by atoms with Crippen LogP contribution >= 0.6 is 0 Å². The van der Waals surface area contributed by atoms with E-state index < -0.39 is 0 Å². The van der Waals surface area contributed by atoms with Crippen LogP contribution in [0.2, 0.25) is 0 Å². The third-order valence-electron chi connectivity index (χ3n) is 4.34. The fraction of sp³-hybridized carbons (Fsp3) is 0.556. The highest BCUT2D eigenvalue weighted by Gasteiger charge is 2.31. The summed E-state index contributed by atoms with van der Waals surface area (Å²) in [5.74, 6) is 6.23. The average Bonchev–Trinajstić information content (AvgIpc) is 3.35. The third-order valence-corrected chi connectivity index (χ3v) is 4.34. The normalized spacial score (nSPS) is 20.0. The van der Waals surface area contributed by atoms with Crippen LogP contribution in [0.15, 0.2) is 24.3 Å². The molecule has 2 aliphatic rings. The van der Waals surface area contributed by atoms with Crippen LogP contribution in [0.3, 0.4) is 0 Å². The largest absolute Gasteiger partial charge is 0.395 e. The van der Waals surface area contributed by atoms with Gasteiger partial charge in [-0.1, -0.05) is 30.0 Å². The van der Waals surface area contributed by atoms with Gasteiger partial charge in [0.1, 0.15) is 0 Å². The first-order valence-electron chi connectivity index (χ1n) is 8.01. The number of rotatable bonds is 4. The summed E-state index contributed by atoms with van der Waals surface area (Å²) in [7, 11) is 0. The molecule has 3 rings (SSSR count). The highest BCUT2D eigenvalue weighted by Crippen LogP contribution is 2.27. The summed E-state index contributed by atoms with van der Waals surface area (Å²) in [5, 5.41) is 8.83. The number of aliphatic hydroxyl groups excluding tert-OH is 1. The first kappa shape index (κ1) is 14.6. The molecule has 3 heteroatoms. The Bertz CT molecular complexity index is 520. The van der Waals surface area contributed by atoms with E-state index in [1.54, 1.807) is 0 Å². The van der Waals surface area contributed by atoms with Crippen molar-refractivity contribution < 1.29 is 5.11 Å². The molecule has 1 aliphatic carbocycles. The van der Waals surface area contributed by atoms with Crippen LogP contribution in [0, 0.1) is 11.8 Å². The van der Waals surface area contributed by atoms with E-state index in [-0.39, 0.29) is 6.61 Å². The molecular weight excluding hydrogens is 260 g/mol. The number of hydrogen-bond acceptors (Lipinski definition) is 3. The quantitative estimate of drug-likeness (QED) is 0.853. The molecule has 0 unspecified atom stereocenters. The standard InChI is InChI=1S/C18H24N2O/c21-14-4-3-6-16-5-1-2-7-17(16)15-19-10-12-20(13-11-19)18-8-9-18/h1-2,5,7,18,21H,4,8-15H2. The van der Waals surface area contributed by atoms with Crippen molar-refractivity contribution in [2.45, 2.75) is 31.8 Å². The van der Waals surface area contributed by atoms with E-state index in [1.165, 1.54) is 31.5 Å². The first-order chi connectivity index (χ1) is 10.4. The molecule has 112 valence electrons. The summed E-state index contributed by atoms with van der Waals surface area (Å²) in [5.41, 5.74) is 2.42. The average molecular weight is 284 g/mol. The Balaban J connectivity index is 1.58. The van der Waals surface area contributed by atoms with Crippen LogP contribution in [0.1, 0.15) is 30.4 Å². The second-order valence-corrected chi connectivity index (χ2v) is 5.98. The van der Waals surface area contributed by atoms with Crippen molar-refractivity contribution in [1.29, 1.82) is 0 Å². The topological polar surface area (TPSA) is 26.7 Å². The van der Waals surface area contributed by atoms with Gasteiger partial charge in [-0.25, -0.2) is 0 Å². The number of hydrogen-bond donors (Lipinski definition) is 1. The molecule has 1 heterocycles. The maximum atomic E-state index is 8.83. The minimum Gasteiger partial charge on any atom is -0.395 e. The van der Waals surface area contributed by atoms with Gasteiger partial charge in [0.2, 0.25) is 0 Å². The van der Waals surface area contributed by atoms with E-state index in [2.05, 4.69) is 39.8 Å². The Kier molecular flexibility index (Phi) is 4.92. The van der Waals surface area contributed by atoms with Crippen molar-refractivity contribution in [2.75, 3.05) is 32.8 Å². The summed E-state index contributed by atoms with van der Waals surface area (Å²) in [6.45, 7) is 5.87. The minimum absolute atomic E-state index is 0.137. The van der Waals surface area contributed by atoms with E-state index in [1.807, 2.05) is 6.07 Å². The Labute approximate surface area is 127 Å². The molecule has 1 N–H and O–H groups in total. The second kappa shape index (κ2) is 7.09. The van der Waals surface area contributed by atoms with Crippen LogP contribution in [-0.4, -0.2) is 53.7 Å². The summed E-state index contributed by atoms with van der Waals surface area (Å²) < 4.78 is 0. The number of aliphatic hydroxyl groups is 1. The maximum absolute atomic E-state index is 8.83. The lowest BCUT2D eigenvalue weighted by atomic mass is 10.1.